The maximum Gasteiger partial charge on any atom is -0.00991 e. The average Bonchev–Trinajstić information content (AvgIpc) is 2.69. The fourth-order valence-electron chi connectivity index (χ4n) is 3.42. The molecule has 0 unspecified atom stereocenters. The van der Waals surface area contributed by atoms with Crippen LogP contribution in [0.2, 0.25) is 0 Å². The van der Waals surface area contributed by atoms with Crippen molar-refractivity contribution in [3.8, 4) is 33.4 Å². The zero-order valence-electron chi connectivity index (χ0n) is 14.3. The van der Waals surface area contributed by atoms with E-state index in [1.54, 1.807) is 0 Å². The molecule has 25 heavy (non-hydrogen) atoms. The summed E-state index contributed by atoms with van der Waals surface area (Å²) in [5.74, 6) is 0. The Morgan fingerprint density at radius 3 is 1.36 bits per heavy atom. The molecule has 0 spiro atoms. The fraction of sp³-hybridized carbons (Fsp3) is 0.0400. The summed E-state index contributed by atoms with van der Waals surface area (Å²) in [5.41, 5.74) is 8.93. The van der Waals surface area contributed by atoms with Crippen LogP contribution in [0, 0.1) is 6.92 Å². The van der Waals surface area contributed by atoms with Gasteiger partial charge in [-0.25, -0.2) is 0 Å². The van der Waals surface area contributed by atoms with Gasteiger partial charge in [-0.05, 0) is 45.9 Å². The smallest absolute Gasteiger partial charge is 0.00991 e. The number of hydrogen-bond acceptors (Lipinski definition) is 0. The Morgan fingerprint density at radius 2 is 0.760 bits per heavy atom. The summed E-state index contributed by atoms with van der Waals surface area (Å²) in [5, 5.41) is 0. The maximum absolute atomic E-state index is 2.23. The first kappa shape index (κ1) is 15.4. The first-order chi connectivity index (χ1) is 12.3. The first-order valence-electron chi connectivity index (χ1n) is 8.64. The fourth-order valence-corrected chi connectivity index (χ4v) is 3.42. The quantitative estimate of drug-likeness (QED) is 0.381. The molecule has 0 nitrogen and oxygen atoms in total. The van der Waals surface area contributed by atoms with Crippen LogP contribution in [-0.4, -0.2) is 0 Å². The van der Waals surface area contributed by atoms with Crippen LogP contribution < -0.4 is 0 Å². The second kappa shape index (κ2) is 6.78. The Hall–Kier alpha value is -3.12. The lowest BCUT2D eigenvalue weighted by Gasteiger charge is -2.15. The summed E-state index contributed by atoms with van der Waals surface area (Å²) in [6.07, 6.45) is 0. The van der Waals surface area contributed by atoms with Gasteiger partial charge in [0, 0.05) is 0 Å². The van der Waals surface area contributed by atoms with Gasteiger partial charge in [-0.1, -0.05) is 103 Å². The molecular weight excluding hydrogens is 300 g/mol. The third-order valence-electron chi connectivity index (χ3n) is 4.66. The van der Waals surface area contributed by atoms with Crippen molar-refractivity contribution < 1.29 is 0 Å². The summed E-state index contributed by atoms with van der Waals surface area (Å²) in [4.78, 5) is 0. The second-order valence-electron chi connectivity index (χ2n) is 6.27. The summed E-state index contributed by atoms with van der Waals surface area (Å²) >= 11 is 0. The van der Waals surface area contributed by atoms with Crippen molar-refractivity contribution in [3.63, 3.8) is 0 Å². The maximum atomic E-state index is 2.23. The first-order valence-corrected chi connectivity index (χ1v) is 8.64. The molecule has 0 amide bonds. The Bertz CT molecular complexity index is 997. The van der Waals surface area contributed by atoms with Crippen molar-refractivity contribution in [1.29, 1.82) is 0 Å². The van der Waals surface area contributed by atoms with Crippen LogP contribution in [0.15, 0.2) is 103 Å². The van der Waals surface area contributed by atoms with Crippen molar-refractivity contribution in [2.45, 2.75) is 6.92 Å². The SMILES string of the molecule is Cc1ccccc1-c1ccccc1-c1ccccc1-c1ccccc1. The zero-order chi connectivity index (χ0) is 17.1. The van der Waals surface area contributed by atoms with Gasteiger partial charge in [0.1, 0.15) is 0 Å². The molecule has 4 aromatic rings. The summed E-state index contributed by atoms with van der Waals surface area (Å²) in [6.45, 7) is 2.18. The van der Waals surface area contributed by atoms with Gasteiger partial charge in [-0.3, -0.25) is 0 Å². The second-order valence-corrected chi connectivity index (χ2v) is 6.27. The van der Waals surface area contributed by atoms with Gasteiger partial charge in [0.05, 0.1) is 0 Å². The molecule has 4 rings (SSSR count). The molecule has 0 atom stereocenters. The van der Waals surface area contributed by atoms with Crippen molar-refractivity contribution in [3.05, 3.63) is 109 Å². The van der Waals surface area contributed by atoms with Crippen LogP contribution in [0.25, 0.3) is 33.4 Å². The Labute approximate surface area is 149 Å². The lowest BCUT2D eigenvalue weighted by atomic mass is 9.88. The van der Waals surface area contributed by atoms with E-state index in [0.29, 0.717) is 0 Å². The molecule has 4 aromatic carbocycles. The number of benzene rings is 4. The summed E-state index contributed by atoms with van der Waals surface area (Å²) < 4.78 is 0. The topological polar surface area (TPSA) is 0 Å². The van der Waals surface area contributed by atoms with E-state index in [4.69, 9.17) is 0 Å². The predicted octanol–water partition coefficient (Wildman–Crippen LogP) is 7.00. The molecule has 0 aromatic heterocycles. The normalized spacial score (nSPS) is 10.6. The van der Waals surface area contributed by atoms with Gasteiger partial charge in [0.2, 0.25) is 0 Å². The molecule has 0 N–H and O–H groups in total. The highest BCUT2D eigenvalue weighted by Crippen LogP contribution is 2.38. The van der Waals surface area contributed by atoms with Gasteiger partial charge in [0.25, 0.3) is 0 Å². The zero-order valence-corrected chi connectivity index (χ0v) is 14.3. The molecular formula is C25H20. The highest BCUT2D eigenvalue weighted by atomic mass is 14.2. The van der Waals surface area contributed by atoms with Gasteiger partial charge in [0.15, 0.2) is 0 Å². The summed E-state index contributed by atoms with van der Waals surface area (Å²) in [6, 6.07) is 36.6. The van der Waals surface area contributed by atoms with E-state index in [9.17, 15) is 0 Å². The van der Waals surface area contributed by atoms with Gasteiger partial charge in [-0.15, -0.1) is 0 Å². The van der Waals surface area contributed by atoms with Crippen LogP contribution >= 0.6 is 0 Å². The largest absolute Gasteiger partial charge is 0.0622 e. The van der Waals surface area contributed by atoms with Crippen molar-refractivity contribution in [2.24, 2.45) is 0 Å². The molecule has 0 aliphatic heterocycles. The monoisotopic (exact) mass is 320 g/mol. The average molecular weight is 320 g/mol. The van der Waals surface area contributed by atoms with Gasteiger partial charge < -0.3 is 0 Å². The molecule has 0 heteroatoms. The van der Waals surface area contributed by atoms with E-state index < -0.39 is 0 Å². The van der Waals surface area contributed by atoms with E-state index in [0.717, 1.165) is 0 Å². The molecule has 120 valence electrons. The molecule has 0 radical (unpaired) electrons. The Kier molecular flexibility index (Phi) is 4.18. The van der Waals surface area contributed by atoms with Crippen molar-refractivity contribution in [1.82, 2.24) is 0 Å². The number of rotatable bonds is 3. The van der Waals surface area contributed by atoms with E-state index >= 15 is 0 Å². The number of hydrogen-bond donors (Lipinski definition) is 0. The Morgan fingerprint density at radius 1 is 0.360 bits per heavy atom. The van der Waals surface area contributed by atoms with E-state index in [2.05, 4.69) is 110 Å². The van der Waals surface area contributed by atoms with Gasteiger partial charge >= 0.3 is 0 Å². The molecule has 0 heterocycles. The highest BCUT2D eigenvalue weighted by molar-refractivity contribution is 5.92. The van der Waals surface area contributed by atoms with Crippen LogP contribution in [0.4, 0.5) is 0 Å². The summed E-state index contributed by atoms with van der Waals surface area (Å²) in [7, 11) is 0. The van der Waals surface area contributed by atoms with E-state index in [1.165, 1.54) is 38.9 Å². The minimum Gasteiger partial charge on any atom is -0.0622 e. The lowest BCUT2D eigenvalue weighted by molar-refractivity contribution is 1.45. The Balaban J connectivity index is 1.95. The van der Waals surface area contributed by atoms with Gasteiger partial charge in [-0.2, -0.15) is 0 Å². The van der Waals surface area contributed by atoms with Crippen LogP contribution in [0.3, 0.4) is 0 Å². The van der Waals surface area contributed by atoms with Crippen LogP contribution in [0.5, 0.6) is 0 Å². The number of aryl methyl sites for hydroxylation is 1. The van der Waals surface area contributed by atoms with Crippen LogP contribution in [0.1, 0.15) is 5.56 Å². The van der Waals surface area contributed by atoms with Crippen molar-refractivity contribution >= 4 is 0 Å². The standard InChI is InChI=1S/C25H20/c1-19-11-5-6-14-21(19)23-16-9-10-18-25(23)24-17-8-7-15-22(24)20-12-3-2-4-13-20/h2-18H,1H3. The van der Waals surface area contributed by atoms with Crippen molar-refractivity contribution in [2.75, 3.05) is 0 Å². The minimum atomic E-state index is 1.25. The predicted molar refractivity (Wildman–Crippen MR) is 107 cm³/mol. The van der Waals surface area contributed by atoms with Crippen LogP contribution in [-0.2, 0) is 0 Å². The molecule has 0 aliphatic carbocycles. The minimum absolute atomic E-state index is 1.25. The van der Waals surface area contributed by atoms with E-state index in [1.807, 2.05) is 0 Å². The third-order valence-corrected chi connectivity index (χ3v) is 4.66. The molecule has 0 saturated carbocycles. The third kappa shape index (κ3) is 2.99. The highest BCUT2D eigenvalue weighted by Gasteiger charge is 2.12. The molecule has 0 aliphatic rings. The molecule has 0 saturated heterocycles. The lowest BCUT2D eigenvalue weighted by Crippen LogP contribution is -1.90. The molecule has 0 bridgehead atoms. The van der Waals surface area contributed by atoms with E-state index in [-0.39, 0.29) is 0 Å². The molecule has 0 fully saturated rings.